The van der Waals surface area contributed by atoms with E-state index in [4.69, 9.17) is 23.3 Å². The van der Waals surface area contributed by atoms with Gasteiger partial charge in [-0.25, -0.2) is 9.36 Å². The highest BCUT2D eigenvalue weighted by Crippen LogP contribution is 2.46. The molecular weight excluding hydrogens is 619 g/mol. The van der Waals surface area contributed by atoms with Crippen LogP contribution in [0.4, 0.5) is 0 Å². The van der Waals surface area contributed by atoms with Crippen LogP contribution >= 0.6 is 7.82 Å². The second-order valence-corrected chi connectivity index (χ2v) is 12.3. The average Bonchev–Trinajstić information content (AvgIpc) is 3.27. The number of unbranched alkanes of at least 4 members (excludes halogenated alkanes) is 8. The molecule has 1 saturated heterocycles. The van der Waals surface area contributed by atoms with Crippen molar-refractivity contribution in [1.29, 1.82) is 0 Å². The molecule has 0 bridgehead atoms. The first-order chi connectivity index (χ1) is 21.4. The smallest absolute Gasteiger partial charge is 0.462 e. The van der Waals surface area contributed by atoms with Crippen LogP contribution in [0.2, 0.25) is 0 Å². The van der Waals surface area contributed by atoms with Gasteiger partial charge in [0.1, 0.15) is 24.9 Å². The molecule has 0 radical (unpaired) electrons. The number of hydrogen-bond donors (Lipinski definition) is 5. The molecule has 1 aromatic heterocycles. The Labute approximate surface area is 261 Å². The molecule has 0 spiro atoms. The Balaban J connectivity index is 1.96. The first-order valence-corrected chi connectivity index (χ1v) is 16.9. The Morgan fingerprint density at radius 1 is 0.956 bits per heavy atom. The van der Waals surface area contributed by atoms with Crippen LogP contribution in [0.25, 0.3) is 0 Å². The van der Waals surface area contributed by atoms with Gasteiger partial charge in [0.15, 0.2) is 18.6 Å². The number of rotatable bonds is 22. The maximum Gasteiger partial charge on any atom is 0.474 e. The van der Waals surface area contributed by atoms with Crippen molar-refractivity contribution in [2.24, 2.45) is 0 Å². The van der Waals surface area contributed by atoms with Crippen molar-refractivity contribution in [3.05, 3.63) is 33.1 Å². The van der Waals surface area contributed by atoms with Gasteiger partial charge in [-0.2, -0.15) is 0 Å². The zero-order valence-electron chi connectivity index (χ0n) is 25.8. The van der Waals surface area contributed by atoms with Crippen LogP contribution in [0.15, 0.2) is 21.9 Å². The minimum absolute atomic E-state index is 0.0797. The third-order valence-corrected chi connectivity index (χ3v) is 8.00. The molecule has 2 rings (SSSR count). The summed E-state index contributed by atoms with van der Waals surface area (Å²) >= 11 is 0. The number of nitrogens with one attached hydrogen (secondary N) is 1. The largest absolute Gasteiger partial charge is 0.474 e. The van der Waals surface area contributed by atoms with E-state index in [2.05, 4.69) is 13.8 Å². The lowest BCUT2D eigenvalue weighted by Gasteiger charge is -2.24. The number of aliphatic hydroxyl groups excluding tert-OH is 3. The van der Waals surface area contributed by atoms with Crippen LogP contribution in [0.1, 0.15) is 97.1 Å². The molecule has 17 heteroatoms. The van der Waals surface area contributed by atoms with Gasteiger partial charge in [0.2, 0.25) is 0 Å². The summed E-state index contributed by atoms with van der Waals surface area (Å²) in [4.78, 5) is 60.2. The van der Waals surface area contributed by atoms with Gasteiger partial charge >= 0.3 is 25.5 Å². The normalized spacial score (nSPS) is 22.4. The molecule has 7 atom stereocenters. The second kappa shape index (κ2) is 19.9. The van der Waals surface area contributed by atoms with E-state index in [-0.39, 0.29) is 12.8 Å². The molecule has 1 fully saturated rings. The molecule has 45 heavy (non-hydrogen) atoms. The highest BCUT2D eigenvalue weighted by Gasteiger charge is 2.49. The van der Waals surface area contributed by atoms with E-state index in [1.54, 1.807) is 0 Å². The lowest BCUT2D eigenvalue weighted by molar-refractivity contribution is -0.168. The van der Waals surface area contributed by atoms with Crippen molar-refractivity contribution in [2.75, 3.05) is 13.2 Å². The van der Waals surface area contributed by atoms with Gasteiger partial charge in [0, 0.05) is 25.1 Å². The third kappa shape index (κ3) is 13.8. The lowest BCUT2D eigenvalue weighted by Crippen LogP contribution is -2.40. The highest BCUT2D eigenvalue weighted by atomic mass is 31.2. The summed E-state index contributed by atoms with van der Waals surface area (Å²) in [6.07, 6.45) is -0.513. The molecule has 2 heterocycles. The summed E-state index contributed by atoms with van der Waals surface area (Å²) in [6, 6.07) is 0.959. The maximum atomic E-state index is 12.6. The van der Waals surface area contributed by atoms with Crippen molar-refractivity contribution in [1.82, 2.24) is 9.55 Å². The Hall–Kier alpha value is -2.43. The minimum atomic E-state index is -5.13. The van der Waals surface area contributed by atoms with Gasteiger partial charge in [-0.1, -0.05) is 65.2 Å². The summed E-state index contributed by atoms with van der Waals surface area (Å²) in [7, 11) is -5.13. The highest BCUT2D eigenvalue weighted by molar-refractivity contribution is 7.47. The second-order valence-electron chi connectivity index (χ2n) is 10.9. The first-order valence-electron chi connectivity index (χ1n) is 15.4. The lowest BCUT2D eigenvalue weighted by atomic mass is 10.1. The molecule has 0 amide bonds. The first kappa shape index (κ1) is 38.8. The molecule has 2 unspecified atom stereocenters. The van der Waals surface area contributed by atoms with Crippen molar-refractivity contribution in [3.63, 3.8) is 0 Å². The molecule has 5 N–H and O–H groups in total. The van der Waals surface area contributed by atoms with E-state index in [0.29, 0.717) is 12.8 Å². The number of phosphoric ester groups is 1. The topological polar surface area (TPSA) is 233 Å². The van der Waals surface area contributed by atoms with Crippen LogP contribution in [-0.4, -0.2) is 85.6 Å². The standard InChI is InChI=1S/C28H47N2O14P/c1-3-5-7-9-11-13-21(32)40-17-19(42-22(33)14-12-10-8-6-4-2)18-41-45(38,39)44-27(36)25-23(34)24(35)26(43-25)30-16-15-20(31)29-28(30)37/h15-16,19,23-27,34-36H,3-14,17-18H2,1-2H3,(H,38,39)(H,29,31,37)/t19-,23+,24-,25+,26-,27?/m1/s1. The number of aromatic nitrogens is 2. The number of ether oxygens (including phenoxy) is 3. The van der Waals surface area contributed by atoms with Gasteiger partial charge in [-0.3, -0.25) is 33.0 Å². The molecular formula is C28H47N2O14P. The van der Waals surface area contributed by atoms with E-state index in [1.807, 2.05) is 4.98 Å². The quantitative estimate of drug-likeness (QED) is 0.0514. The fourth-order valence-electron chi connectivity index (χ4n) is 4.55. The molecule has 16 nitrogen and oxygen atoms in total. The number of hydrogen-bond acceptors (Lipinski definition) is 13. The molecule has 1 aliphatic heterocycles. The van der Waals surface area contributed by atoms with E-state index in [9.17, 15) is 44.0 Å². The van der Waals surface area contributed by atoms with Crippen LogP contribution in [0, 0.1) is 0 Å². The summed E-state index contributed by atoms with van der Waals surface area (Å²) in [6.45, 7) is 2.93. The fourth-order valence-corrected chi connectivity index (χ4v) is 5.36. The summed E-state index contributed by atoms with van der Waals surface area (Å²) in [5.74, 6) is -1.16. The number of H-pyrrole nitrogens is 1. The summed E-state index contributed by atoms with van der Waals surface area (Å²) < 4.78 is 38.8. The number of esters is 2. The van der Waals surface area contributed by atoms with Crippen LogP contribution in [0.3, 0.4) is 0 Å². The summed E-state index contributed by atoms with van der Waals surface area (Å²) in [5, 5.41) is 31.1. The number of nitrogens with zero attached hydrogens (tertiary/aromatic N) is 1. The SMILES string of the molecule is CCCCCCCC(=O)OC[C@H](COP(=O)(O)OC(O)[C@H]1O[C@@H](n2ccc(=O)[nH]c2=O)[C@H](O)[C@@H]1O)OC(=O)CCCCCCC. The van der Waals surface area contributed by atoms with Crippen molar-refractivity contribution >= 4 is 19.8 Å². The van der Waals surface area contributed by atoms with E-state index < -0.39 is 81.2 Å². The number of aliphatic hydroxyl groups is 3. The monoisotopic (exact) mass is 666 g/mol. The zero-order valence-corrected chi connectivity index (χ0v) is 26.7. The predicted molar refractivity (Wildman–Crippen MR) is 158 cm³/mol. The van der Waals surface area contributed by atoms with E-state index in [0.717, 1.165) is 68.2 Å². The third-order valence-electron chi connectivity index (χ3n) is 7.04. The van der Waals surface area contributed by atoms with Crippen molar-refractivity contribution in [2.45, 2.75) is 128 Å². The van der Waals surface area contributed by atoms with Gasteiger partial charge < -0.3 is 34.4 Å². The van der Waals surface area contributed by atoms with Crippen molar-refractivity contribution < 1.29 is 57.6 Å². The molecule has 1 aromatic rings. The minimum Gasteiger partial charge on any atom is -0.462 e. The van der Waals surface area contributed by atoms with E-state index in [1.165, 1.54) is 0 Å². The average molecular weight is 667 g/mol. The number of phosphoric acid groups is 1. The van der Waals surface area contributed by atoms with E-state index >= 15 is 0 Å². The van der Waals surface area contributed by atoms with Gasteiger partial charge in [-0.15, -0.1) is 0 Å². The zero-order chi connectivity index (χ0) is 33.4. The Morgan fingerprint density at radius 2 is 1.56 bits per heavy atom. The summed E-state index contributed by atoms with van der Waals surface area (Å²) in [5.41, 5.74) is -1.71. The van der Waals surface area contributed by atoms with Crippen molar-refractivity contribution in [3.8, 4) is 0 Å². The van der Waals surface area contributed by atoms with Crippen LogP contribution in [0.5, 0.6) is 0 Å². The predicted octanol–water partition coefficient (Wildman–Crippen LogP) is 1.78. The van der Waals surface area contributed by atoms with Gasteiger partial charge in [0.25, 0.3) is 5.56 Å². The Morgan fingerprint density at radius 3 is 2.16 bits per heavy atom. The number of aromatic amines is 1. The molecule has 0 aliphatic carbocycles. The number of carbonyl (C=O) groups is 2. The fraction of sp³-hybridized carbons (Fsp3) is 0.786. The van der Waals surface area contributed by atoms with Crippen LogP contribution in [-0.2, 0) is 37.4 Å². The molecule has 1 aliphatic rings. The van der Waals surface area contributed by atoms with Gasteiger partial charge in [0.05, 0.1) is 6.61 Å². The molecule has 0 aromatic carbocycles. The Bertz CT molecular complexity index is 1210. The number of carbonyl (C=O) groups excluding carboxylic acids is 2. The molecule has 258 valence electrons. The Kier molecular flexibility index (Phi) is 17.2. The maximum absolute atomic E-state index is 12.6. The molecule has 0 saturated carbocycles. The van der Waals surface area contributed by atoms with Gasteiger partial charge in [-0.05, 0) is 12.8 Å². The van der Waals surface area contributed by atoms with Crippen LogP contribution < -0.4 is 11.2 Å².